The summed E-state index contributed by atoms with van der Waals surface area (Å²) in [6, 6.07) is 17.3. The van der Waals surface area contributed by atoms with E-state index in [1.54, 1.807) is 42.5 Å². The van der Waals surface area contributed by atoms with Gasteiger partial charge in [-0.3, -0.25) is 9.59 Å². The third kappa shape index (κ3) is 6.17. The lowest BCUT2D eigenvalue weighted by molar-refractivity contribution is 0.0950. The molecule has 32 heavy (non-hydrogen) atoms. The standard InChI is InChI=1S/C23H20Cl2N2O4S/c1-15(28)17-7-10-21(11-8-17)32(30,31)27-13-16-2-4-18(5-3-16)23(29)26-14-19-6-9-20(24)12-22(19)25/h2-12,27H,13-14H2,1H3,(H,26,29). The van der Waals surface area contributed by atoms with Crippen molar-refractivity contribution in [2.75, 3.05) is 0 Å². The van der Waals surface area contributed by atoms with E-state index < -0.39 is 10.0 Å². The van der Waals surface area contributed by atoms with Crippen molar-refractivity contribution in [2.24, 2.45) is 0 Å². The summed E-state index contributed by atoms with van der Waals surface area (Å²) in [4.78, 5) is 23.8. The first-order valence-corrected chi connectivity index (χ1v) is 11.8. The van der Waals surface area contributed by atoms with E-state index >= 15 is 0 Å². The summed E-state index contributed by atoms with van der Waals surface area (Å²) in [5, 5.41) is 3.77. The van der Waals surface area contributed by atoms with Gasteiger partial charge in [-0.05, 0) is 54.4 Å². The van der Waals surface area contributed by atoms with E-state index in [-0.39, 0.29) is 29.7 Å². The topological polar surface area (TPSA) is 92.3 Å². The van der Waals surface area contributed by atoms with Crippen LogP contribution in [0.25, 0.3) is 0 Å². The molecule has 1 amide bonds. The first-order chi connectivity index (χ1) is 15.2. The summed E-state index contributed by atoms with van der Waals surface area (Å²) >= 11 is 12.0. The number of carbonyl (C=O) groups excluding carboxylic acids is 2. The van der Waals surface area contributed by atoms with E-state index in [2.05, 4.69) is 10.0 Å². The molecule has 0 aromatic heterocycles. The number of Topliss-reactive ketones (excluding diaryl/α,β-unsaturated/α-hetero) is 1. The minimum absolute atomic E-state index is 0.0546. The Labute approximate surface area is 196 Å². The highest BCUT2D eigenvalue weighted by atomic mass is 35.5. The van der Waals surface area contributed by atoms with Crippen molar-refractivity contribution in [3.63, 3.8) is 0 Å². The molecule has 6 nitrogen and oxygen atoms in total. The number of ketones is 1. The van der Waals surface area contributed by atoms with Crippen molar-refractivity contribution in [2.45, 2.75) is 24.9 Å². The van der Waals surface area contributed by atoms with Gasteiger partial charge in [-0.1, -0.05) is 53.5 Å². The molecule has 0 atom stereocenters. The second kappa shape index (κ2) is 10.3. The van der Waals surface area contributed by atoms with Crippen LogP contribution in [0.3, 0.4) is 0 Å². The molecule has 0 aliphatic rings. The third-order valence-electron chi connectivity index (χ3n) is 4.71. The molecule has 0 fully saturated rings. The van der Waals surface area contributed by atoms with E-state index in [0.29, 0.717) is 26.7 Å². The number of hydrogen-bond acceptors (Lipinski definition) is 4. The van der Waals surface area contributed by atoms with Crippen molar-refractivity contribution in [1.82, 2.24) is 10.0 Å². The molecule has 0 saturated heterocycles. The fraction of sp³-hybridized carbons (Fsp3) is 0.130. The van der Waals surface area contributed by atoms with E-state index in [1.165, 1.54) is 31.2 Å². The van der Waals surface area contributed by atoms with Crippen molar-refractivity contribution in [1.29, 1.82) is 0 Å². The molecule has 0 heterocycles. The van der Waals surface area contributed by atoms with Gasteiger partial charge in [0.05, 0.1) is 4.90 Å². The number of nitrogens with one attached hydrogen (secondary N) is 2. The van der Waals surface area contributed by atoms with Gasteiger partial charge in [0, 0.05) is 34.3 Å². The normalized spacial score (nSPS) is 11.2. The molecule has 0 radical (unpaired) electrons. The second-order valence-corrected chi connectivity index (χ2v) is 9.63. The maximum atomic E-state index is 12.5. The predicted molar refractivity (Wildman–Crippen MR) is 125 cm³/mol. The fourth-order valence-electron chi connectivity index (χ4n) is 2.85. The summed E-state index contributed by atoms with van der Waals surface area (Å²) in [7, 11) is -3.74. The van der Waals surface area contributed by atoms with Gasteiger partial charge in [0.2, 0.25) is 10.0 Å². The summed E-state index contributed by atoms with van der Waals surface area (Å²) in [5.74, 6) is -0.420. The number of benzene rings is 3. The quantitative estimate of drug-likeness (QED) is 0.451. The fourth-order valence-corrected chi connectivity index (χ4v) is 4.34. The number of hydrogen-bond donors (Lipinski definition) is 2. The van der Waals surface area contributed by atoms with Crippen LogP contribution in [-0.2, 0) is 23.1 Å². The van der Waals surface area contributed by atoms with Crippen LogP contribution in [0.5, 0.6) is 0 Å². The summed E-state index contributed by atoms with van der Waals surface area (Å²) < 4.78 is 27.4. The van der Waals surface area contributed by atoms with Crippen LogP contribution in [0.15, 0.2) is 71.6 Å². The zero-order chi connectivity index (χ0) is 23.3. The number of sulfonamides is 1. The van der Waals surface area contributed by atoms with Gasteiger partial charge in [-0.25, -0.2) is 13.1 Å². The SMILES string of the molecule is CC(=O)c1ccc(S(=O)(=O)NCc2ccc(C(=O)NCc3ccc(Cl)cc3Cl)cc2)cc1. The van der Waals surface area contributed by atoms with Crippen molar-refractivity contribution < 1.29 is 18.0 Å². The smallest absolute Gasteiger partial charge is 0.251 e. The van der Waals surface area contributed by atoms with E-state index in [1.807, 2.05) is 0 Å². The van der Waals surface area contributed by atoms with Crippen LogP contribution in [0.1, 0.15) is 38.8 Å². The molecule has 0 bridgehead atoms. The monoisotopic (exact) mass is 490 g/mol. The highest BCUT2D eigenvalue weighted by Gasteiger charge is 2.14. The molecule has 0 spiro atoms. The van der Waals surface area contributed by atoms with Crippen LogP contribution in [0.2, 0.25) is 10.0 Å². The predicted octanol–water partition coefficient (Wildman–Crippen LogP) is 4.60. The van der Waals surface area contributed by atoms with Crippen LogP contribution in [0.4, 0.5) is 0 Å². The molecule has 3 aromatic carbocycles. The first kappa shape index (κ1) is 23.9. The average Bonchev–Trinajstić information content (AvgIpc) is 2.77. The highest BCUT2D eigenvalue weighted by Crippen LogP contribution is 2.21. The number of halogens is 2. The largest absolute Gasteiger partial charge is 0.348 e. The van der Waals surface area contributed by atoms with Gasteiger partial charge in [0.1, 0.15) is 0 Å². The molecule has 3 aromatic rings. The Bertz CT molecular complexity index is 1240. The third-order valence-corrected chi connectivity index (χ3v) is 6.71. The molecular weight excluding hydrogens is 471 g/mol. The van der Waals surface area contributed by atoms with E-state index in [9.17, 15) is 18.0 Å². The van der Waals surface area contributed by atoms with Crippen molar-refractivity contribution >= 4 is 44.9 Å². The van der Waals surface area contributed by atoms with Gasteiger partial charge in [0.25, 0.3) is 5.91 Å². The first-order valence-electron chi connectivity index (χ1n) is 9.57. The Balaban J connectivity index is 1.57. The van der Waals surface area contributed by atoms with Gasteiger partial charge < -0.3 is 5.32 Å². The lowest BCUT2D eigenvalue weighted by atomic mass is 10.1. The highest BCUT2D eigenvalue weighted by molar-refractivity contribution is 7.89. The van der Waals surface area contributed by atoms with Crippen LogP contribution in [0, 0.1) is 0 Å². The van der Waals surface area contributed by atoms with Gasteiger partial charge in [0.15, 0.2) is 5.78 Å². The maximum Gasteiger partial charge on any atom is 0.251 e. The van der Waals surface area contributed by atoms with Gasteiger partial charge in [-0.15, -0.1) is 0 Å². The Morgan fingerprint density at radius 1 is 0.844 bits per heavy atom. The molecule has 166 valence electrons. The van der Waals surface area contributed by atoms with Crippen molar-refractivity contribution in [3.05, 3.63) is 99.0 Å². The van der Waals surface area contributed by atoms with Gasteiger partial charge in [-0.2, -0.15) is 0 Å². The molecule has 0 aliphatic carbocycles. The Morgan fingerprint density at radius 3 is 2.06 bits per heavy atom. The number of rotatable bonds is 8. The molecule has 0 unspecified atom stereocenters. The lowest BCUT2D eigenvalue weighted by Gasteiger charge is -2.09. The Morgan fingerprint density at radius 2 is 1.47 bits per heavy atom. The summed E-state index contributed by atoms with van der Waals surface area (Å²) in [5.41, 5.74) is 2.30. The Hall–Kier alpha value is -2.71. The number of carbonyl (C=O) groups is 2. The molecular formula is C23H20Cl2N2O4S. The molecule has 9 heteroatoms. The van der Waals surface area contributed by atoms with Crippen LogP contribution in [-0.4, -0.2) is 20.1 Å². The molecule has 3 rings (SSSR count). The summed E-state index contributed by atoms with van der Waals surface area (Å²) in [6.45, 7) is 1.72. The van der Waals surface area contributed by atoms with E-state index in [4.69, 9.17) is 23.2 Å². The molecule has 0 aliphatic heterocycles. The molecule has 0 saturated carbocycles. The maximum absolute atomic E-state index is 12.5. The number of amides is 1. The minimum atomic E-state index is -3.74. The van der Waals surface area contributed by atoms with Gasteiger partial charge >= 0.3 is 0 Å². The minimum Gasteiger partial charge on any atom is -0.348 e. The second-order valence-electron chi connectivity index (χ2n) is 7.02. The Kier molecular flexibility index (Phi) is 7.69. The van der Waals surface area contributed by atoms with E-state index in [0.717, 1.165) is 5.56 Å². The molecule has 2 N–H and O–H groups in total. The zero-order valence-electron chi connectivity index (χ0n) is 17.1. The van der Waals surface area contributed by atoms with Crippen molar-refractivity contribution in [3.8, 4) is 0 Å². The lowest BCUT2D eigenvalue weighted by Crippen LogP contribution is -2.24. The zero-order valence-corrected chi connectivity index (χ0v) is 19.4. The van der Waals surface area contributed by atoms with Crippen LogP contribution >= 0.6 is 23.2 Å². The van der Waals surface area contributed by atoms with Crippen LogP contribution < -0.4 is 10.0 Å². The average molecular weight is 491 g/mol. The summed E-state index contributed by atoms with van der Waals surface area (Å²) in [6.07, 6.45) is 0.